The number of aromatic nitrogens is 1. The molecule has 3 rings (SSSR count). The highest BCUT2D eigenvalue weighted by molar-refractivity contribution is 7.16. The Morgan fingerprint density at radius 2 is 1.93 bits per heavy atom. The predicted octanol–water partition coefficient (Wildman–Crippen LogP) is 3.40. The number of carbonyl (C=O) groups excluding carboxylic acids is 1. The zero-order valence-electron chi connectivity index (χ0n) is 16.2. The van der Waals surface area contributed by atoms with Crippen molar-refractivity contribution in [3.8, 4) is 23.8 Å². The topological polar surface area (TPSA) is 96.0 Å². The highest BCUT2D eigenvalue weighted by atomic mass is 32.1. The van der Waals surface area contributed by atoms with Crippen LogP contribution >= 0.6 is 11.3 Å². The minimum atomic E-state index is -0.482. The third-order valence-electron chi connectivity index (χ3n) is 4.17. The van der Waals surface area contributed by atoms with Gasteiger partial charge < -0.3 is 14.0 Å². The lowest BCUT2D eigenvalue weighted by molar-refractivity contribution is -0.384. The van der Waals surface area contributed by atoms with Crippen molar-refractivity contribution in [2.45, 2.75) is 6.54 Å². The Morgan fingerprint density at radius 3 is 2.53 bits per heavy atom. The molecule has 0 saturated heterocycles. The van der Waals surface area contributed by atoms with E-state index in [0.717, 1.165) is 10.2 Å². The van der Waals surface area contributed by atoms with E-state index in [-0.39, 0.29) is 12.2 Å². The van der Waals surface area contributed by atoms with Gasteiger partial charge in [0.25, 0.3) is 11.6 Å². The van der Waals surface area contributed by atoms with Gasteiger partial charge in [-0.05, 0) is 23.8 Å². The second kappa shape index (κ2) is 9.07. The van der Waals surface area contributed by atoms with Gasteiger partial charge in [-0.1, -0.05) is 17.3 Å². The summed E-state index contributed by atoms with van der Waals surface area (Å²) in [5.41, 5.74) is 1.41. The summed E-state index contributed by atoms with van der Waals surface area (Å²) < 4.78 is 13.3. The maximum absolute atomic E-state index is 12.4. The van der Waals surface area contributed by atoms with Crippen LogP contribution in [0.3, 0.4) is 0 Å². The molecule has 2 aromatic carbocycles. The lowest BCUT2D eigenvalue weighted by Gasteiger charge is -2.08. The monoisotopic (exact) mass is 423 g/mol. The first-order valence-electron chi connectivity index (χ1n) is 8.67. The third-order valence-corrected chi connectivity index (χ3v) is 5.21. The van der Waals surface area contributed by atoms with Crippen LogP contribution in [0.15, 0.2) is 47.5 Å². The SMILES string of the molecule is C#CCn1c(=NC(=O)/C=C\c2ccc([N+](=O)[O-])cc2)sc2cc(OC)c(OC)cc21. The number of terminal acetylenes is 1. The van der Waals surface area contributed by atoms with Crippen LogP contribution < -0.4 is 14.3 Å². The fourth-order valence-corrected chi connectivity index (χ4v) is 3.78. The molecule has 3 aromatic rings. The number of fused-ring (bicyclic) bond motifs is 1. The molecule has 8 nitrogen and oxygen atoms in total. The van der Waals surface area contributed by atoms with Crippen LogP contribution in [0.25, 0.3) is 16.3 Å². The van der Waals surface area contributed by atoms with E-state index < -0.39 is 10.8 Å². The molecule has 0 radical (unpaired) electrons. The largest absolute Gasteiger partial charge is 0.493 e. The molecular weight excluding hydrogens is 406 g/mol. The summed E-state index contributed by atoms with van der Waals surface area (Å²) in [6.45, 7) is 0.230. The standard InChI is InChI=1S/C21H17N3O5S/c1-4-11-23-16-12-17(28-2)18(29-3)13-19(16)30-21(23)22-20(25)10-7-14-5-8-15(9-6-14)24(26)27/h1,5-10,12-13H,11H2,2-3H3/b10-7-,22-21?. The number of ether oxygens (including phenoxy) is 2. The van der Waals surface area contributed by atoms with Crippen LogP contribution in [0.2, 0.25) is 0 Å². The van der Waals surface area contributed by atoms with Crippen molar-refractivity contribution in [1.29, 1.82) is 0 Å². The molecule has 152 valence electrons. The van der Waals surface area contributed by atoms with Crippen LogP contribution in [-0.2, 0) is 11.3 Å². The van der Waals surface area contributed by atoms with E-state index in [1.54, 1.807) is 43.1 Å². The van der Waals surface area contributed by atoms with E-state index in [1.807, 2.05) is 6.07 Å². The van der Waals surface area contributed by atoms with Crippen LogP contribution in [0.5, 0.6) is 11.5 Å². The van der Waals surface area contributed by atoms with Crippen molar-refractivity contribution in [1.82, 2.24) is 4.57 Å². The molecule has 30 heavy (non-hydrogen) atoms. The Labute approximate surface area is 175 Å². The summed E-state index contributed by atoms with van der Waals surface area (Å²) >= 11 is 1.30. The highest BCUT2D eigenvalue weighted by Crippen LogP contribution is 2.33. The van der Waals surface area contributed by atoms with Gasteiger partial charge in [0, 0.05) is 30.3 Å². The first-order chi connectivity index (χ1) is 14.5. The zero-order valence-corrected chi connectivity index (χ0v) is 17.0. The number of nitro groups is 1. The number of benzene rings is 2. The van der Waals surface area contributed by atoms with Crippen molar-refractivity contribution < 1.29 is 19.2 Å². The maximum Gasteiger partial charge on any atom is 0.272 e. The normalized spacial score (nSPS) is 11.6. The molecular formula is C21H17N3O5S. The maximum atomic E-state index is 12.4. The van der Waals surface area contributed by atoms with Crippen molar-refractivity contribution >= 4 is 39.2 Å². The number of thiazole rings is 1. The number of nitro benzene ring substituents is 1. The molecule has 1 amide bonds. The van der Waals surface area contributed by atoms with Gasteiger partial charge in [-0.25, -0.2) is 0 Å². The van der Waals surface area contributed by atoms with Gasteiger partial charge in [0.1, 0.15) is 0 Å². The Morgan fingerprint density at radius 1 is 1.27 bits per heavy atom. The van der Waals surface area contributed by atoms with Gasteiger partial charge in [0.15, 0.2) is 16.3 Å². The van der Waals surface area contributed by atoms with E-state index in [2.05, 4.69) is 10.9 Å². The molecule has 0 aliphatic carbocycles. The van der Waals surface area contributed by atoms with E-state index in [4.69, 9.17) is 15.9 Å². The molecule has 0 atom stereocenters. The third kappa shape index (κ3) is 4.39. The average molecular weight is 423 g/mol. The summed E-state index contributed by atoms with van der Waals surface area (Å²) in [4.78, 5) is 27.2. The number of methoxy groups -OCH3 is 2. The Hall–Kier alpha value is -3.90. The Bertz CT molecular complexity index is 1250. The van der Waals surface area contributed by atoms with Crippen LogP contribution in [0, 0.1) is 22.5 Å². The lowest BCUT2D eigenvalue weighted by Crippen LogP contribution is -2.15. The van der Waals surface area contributed by atoms with E-state index in [9.17, 15) is 14.9 Å². The van der Waals surface area contributed by atoms with Gasteiger partial charge in [0.05, 0.1) is 35.9 Å². The molecule has 0 saturated carbocycles. The summed E-state index contributed by atoms with van der Waals surface area (Å²) in [7, 11) is 3.09. The Kier molecular flexibility index (Phi) is 6.29. The minimum Gasteiger partial charge on any atom is -0.493 e. The molecule has 0 aliphatic rings. The van der Waals surface area contributed by atoms with E-state index in [1.165, 1.54) is 29.5 Å². The lowest BCUT2D eigenvalue weighted by atomic mass is 10.2. The van der Waals surface area contributed by atoms with Gasteiger partial charge in [-0.15, -0.1) is 6.42 Å². The van der Waals surface area contributed by atoms with Crippen molar-refractivity contribution in [2.75, 3.05) is 14.2 Å². The second-order valence-corrected chi connectivity index (χ2v) is 6.99. The number of carbonyl (C=O) groups is 1. The fraction of sp³-hybridized carbons (Fsp3) is 0.143. The fourth-order valence-electron chi connectivity index (χ4n) is 2.73. The average Bonchev–Trinajstić information content (AvgIpc) is 3.07. The van der Waals surface area contributed by atoms with Crippen molar-refractivity contribution in [3.05, 3.63) is 63.0 Å². The molecule has 0 unspecified atom stereocenters. The molecule has 0 fully saturated rings. The predicted molar refractivity (Wildman–Crippen MR) is 114 cm³/mol. The van der Waals surface area contributed by atoms with E-state index >= 15 is 0 Å². The zero-order chi connectivity index (χ0) is 21.7. The number of amides is 1. The van der Waals surface area contributed by atoms with Crippen molar-refractivity contribution in [3.63, 3.8) is 0 Å². The molecule has 1 heterocycles. The second-order valence-electron chi connectivity index (χ2n) is 5.98. The number of non-ortho nitro benzene ring substituents is 1. The summed E-state index contributed by atoms with van der Waals surface area (Å²) in [6, 6.07) is 9.45. The van der Waals surface area contributed by atoms with Gasteiger partial charge in [-0.3, -0.25) is 14.9 Å². The van der Waals surface area contributed by atoms with Crippen LogP contribution in [-0.4, -0.2) is 29.6 Å². The van der Waals surface area contributed by atoms with Crippen LogP contribution in [0.1, 0.15) is 5.56 Å². The molecule has 0 bridgehead atoms. The number of rotatable bonds is 6. The summed E-state index contributed by atoms with van der Waals surface area (Å²) in [6.07, 6.45) is 8.34. The minimum absolute atomic E-state index is 0.0189. The van der Waals surface area contributed by atoms with E-state index in [0.29, 0.717) is 21.9 Å². The smallest absolute Gasteiger partial charge is 0.272 e. The number of hydrogen-bond acceptors (Lipinski definition) is 6. The van der Waals surface area contributed by atoms with Gasteiger partial charge in [0.2, 0.25) is 0 Å². The summed E-state index contributed by atoms with van der Waals surface area (Å²) in [5.74, 6) is 3.20. The molecule has 1 aromatic heterocycles. The number of nitrogens with zero attached hydrogens (tertiary/aromatic N) is 3. The molecule has 0 spiro atoms. The van der Waals surface area contributed by atoms with Crippen molar-refractivity contribution in [2.24, 2.45) is 4.99 Å². The molecule has 0 N–H and O–H groups in total. The first-order valence-corrected chi connectivity index (χ1v) is 9.48. The molecule has 0 aliphatic heterocycles. The van der Waals surface area contributed by atoms with Gasteiger partial charge in [-0.2, -0.15) is 4.99 Å². The summed E-state index contributed by atoms with van der Waals surface area (Å²) in [5, 5.41) is 10.7. The first kappa shape index (κ1) is 20.8. The quantitative estimate of drug-likeness (QED) is 0.262. The Balaban J connectivity index is 1.97. The highest BCUT2D eigenvalue weighted by Gasteiger charge is 2.12. The number of hydrogen-bond donors (Lipinski definition) is 0. The van der Waals surface area contributed by atoms with Gasteiger partial charge >= 0.3 is 0 Å². The molecule has 9 heteroatoms. The van der Waals surface area contributed by atoms with Crippen LogP contribution in [0.4, 0.5) is 5.69 Å².